The number of aromatic nitrogens is 2. The van der Waals surface area contributed by atoms with Gasteiger partial charge in [0.2, 0.25) is 0 Å². The molecule has 12 heavy (non-hydrogen) atoms. The zero-order valence-corrected chi connectivity index (χ0v) is 8.71. The van der Waals surface area contributed by atoms with Gasteiger partial charge in [0.1, 0.15) is 11.6 Å². The fourth-order valence-corrected chi connectivity index (χ4v) is 0.548. The lowest BCUT2D eigenvalue weighted by Crippen LogP contribution is -1.97. The van der Waals surface area contributed by atoms with Crippen LogP contribution < -0.4 is 11.9 Å². The maximum absolute atomic E-state index is 5.47. The highest BCUT2D eigenvalue weighted by Gasteiger charge is 1.92. The van der Waals surface area contributed by atoms with Gasteiger partial charge in [0.15, 0.2) is 0 Å². The van der Waals surface area contributed by atoms with Crippen LogP contribution >= 0.6 is 24.8 Å². The van der Waals surface area contributed by atoms with Crippen molar-refractivity contribution in [3.05, 3.63) is 17.6 Å². The van der Waals surface area contributed by atoms with Crippen LogP contribution in [0.3, 0.4) is 0 Å². The van der Waals surface area contributed by atoms with Gasteiger partial charge in [-0.05, 0) is 13.8 Å². The molecule has 1 aromatic rings. The first-order valence-corrected chi connectivity index (χ1v) is 2.76. The number of rotatable bonds is 0. The number of hydrogen-bond donors (Lipinski definition) is 2. The Hall–Kier alpha value is -0.580. The third-order valence-electron chi connectivity index (χ3n) is 1.13. The highest BCUT2D eigenvalue weighted by atomic mass is 35.5. The molecule has 6 heteroatoms. The zero-order valence-electron chi connectivity index (χ0n) is 7.07. The Labute approximate surface area is 84.4 Å². The maximum atomic E-state index is 5.47. The van der Waals surface area contributed by atoms with E-state index in [1.54, 1.807) is 6.20 Å². The van der Waals surface area contributed by atoms with Gasteiger partial charge in [0.25, 0.3) is 0 Å². The Morgan fingerprint density at radius 3 is 2.08 bits per heavy atom. The lowest BCUT2D eigenvalue weighted by atomic mass is 10.3. The van der Waals surface area contributed by atoms with E-state index in [1.165, 1.54) is 0 Å². The monoisotopic (exact) mass is 212 g/mol. The normalized spacial score (nSPS) is 7.17. The molecule has 0 atom stereocenters. The quantitative estimate of drug-likeness (QED) is 0.686. The van der Waals surface area contributed by atoms with E-state index in [-0.39, 0.29) is 31.0 Å². The van der Waals surface area contributed by atoms with E-state index in [1.807, 2.05) is 13.8 Å². The van der Waals surface area contributed by atoms with Crippen molar-refractivity contribution in [1.29, 1.82) is 0 Å². The second-order valence-electron chi connectivity index (χ2n) is 1.99. The molecule has 0 aromatic carbocycles. The lowest BCUT2D eigenvalue weighted by Gasteiger charge is -1.96. The van der Waals surface area contributed by atoms with E-state index in [2.05, 4.69) is 9.97 Å². The van der Waals surface area contributed by atoms with Crippen LogP contribution in [-0.4, -0.2) is 9.97 Å². The number of nitrogens with two attached hydrogens (primary N) is 1. The largest absolute Gasteiger partial charge is 0.383 e. The predicted octanol–water partition coefficient (Wildman–Crippen LogP) is 1.68. The highest BCUT2D eigenvalue weighted by Crippen LogP contribution is 2.02. The summed E-state index contributed by atoms with van der Waals surface area (Å²) in [6.07, 6.45) is 1.72. The summed E-state index contributed by atoms with van der Waals surface area (Å²) in [6, 6.07) is 0. The van der Waals surface area contributed by atoms with Gasteiger partial charge >= 0.3 is 0 Å². The van der Waals surface area contributed by atoms with Crippen LogP contribution in [0.5, 0.6) is 0 Å². The molecule has 0 saturated heterocycles. The minimum Gasteiger partial charge on any atom is -0.383 e. The molecular formula is C6H14Cl2N4. The number of nitrogens with zero attached hydrogens (tertiary/aromatic N) is 2. The first-order valence-electron chi connectivity index (χ1n) is 2.76. The lowest BCUT2D eigenvalue weighted by molar-refractivity contribution is 1.04. The summed E-state index contributed by atoms with van der Waals surface area (Å²) in [5.41, 5.74) is 6.40. The molecule has 0 aliphatic rings. The first-order chi connectivity index (χ1) is 4.20. The number of halogens is 2. The summed E-state index contributed by atoms with van der Waals surface area (Å²) < 4.78 is 0. The Morgan fingerprint density at radius 2 is 1.75 bits per heavy atom. The molecule has 0 radical (unpaired) electrons. The Bertz CT molecular complexity index is 229. The van der Waals surface area contributed by atoms with Gasteiger partial charge in [-0.1, -0.05) is 0 Å². The molecule has 0 fully saturated rings. The number of aryl methyl sites for hydroxylation is 2. The molecule has 0 saturated carbocycles. The van der Waals surface area contributed by atoms with Gasteiger partial charge in [-0.25, -0.2) is 9.97 Å². The maximum Gasteiger partial charge on any atom is 0.129 e. The van der Waals surface area contributed by atoms with Crippen molar-refractivity contribution in [2.45, 2.75) is 13.8 Å². The molecule has 0 bridgehead atoms. The molecule has 0 aliphatic carbocycles. The van der Waals surface area contributed by atoms with Gasteiger partial charge in [-0.15, -0.1) is 24.8 Å². The molecule has 1 aromatic heterocycles. The SMILES string of the molecule is Cc1ncc(C)c(N)n1.Cl.Cl.N. The number of anilines is 1. The van der Waals surface area contributed by atoms with E-state index >= 15 is 0 Å². The van der Waals surface area contributed by atoms with Gasteiger partial charge in [-0.3, -0.25) is 0 Å². The molecule has 4 nitrogen and oxygen atoms in total. The summed E-state index contributed by atoms with van der Waals surface area (Å²) in [5, 5.41) is 0. The topological polar surface area (TPSA) is 86.8 Å². The summed E-state index contributed by atoms with van der Waals surface area (Å²) in [5.74, 6) is 1.29. The number of hydrogen-bond acceptors (Lipinski definition) is 4. The van der Waals surface area contributed by atoms with E-state index in [0.29, 0.717) is 5.82 Å². The minimum absolute atomic E-state index is 0. The zero-order chi connectivity index (χ0) is 6.85. The van der Waals surface area contributed by atoms with E-state index in [9.17, 15) is 0 Å². The fraction of sp³-hybridized carbons (Fsp3) is 0.333. The third-order valence-corrected chi connectivity index (χ3v) is 1.13. The van der Waals surface area contributed by atoms with Crippen LogP contribution in [0, 0.1) is 13.8 Å². The second kappa shape index (κ2) is 7.09. The van der Waals surface area contributed by atoms with Crippen molar-refractivity contribution in [1.82, 2.24) is 16.1 Å². The molecule has 0 spiro atoms. The smallest absolute Gasteiger partial charge is 0.129 e. The molecule has 0 unspecified atom stereocenters. The van der Waals surface area contributed by atoms with E-state index in [4.69, 9.17) is 5.73 Å². The molecule has 1 rings (SSSR count). The van der Waals surface area contributed by atoms with Gasteiger partial charge < -0.3 is 11.9 Å². The second-order valence-corrected chi connectivity index (χ2v) is 1.99. The van der Waals surface area contributed by atoms with E-state index in [0.717, 1.165) is 11.4 Å². The average Bonchev–Trinajstić information content (AvgIpc) is 1.80. The standard InChI is InChI=1S/C6H9N3.2ClH.H3N/c1-4-3-8-5(2)9-6(4)7;;;/h3H,1-2H3,(H2,7,8,9);2*1H;1H3. The summed E-state index contributed by atoms with van der Waals surface area (Å²) in [7, 11) is 0. The van der Waals surface area contributed by atoms with Crippen LogP contribution in [0.25, 0.3) is 0 Å². The number of nitrogen functional groups attached to an aromatic ring is 1. The molecule has 0 aliphatic heterocycles. The average molecular weight is 213 g/mol. The highest BCUT2D eigenvalue weighted by molar-refractivity contribution is 5.85. The minimum atomic E-state index is 0. The summed E-state index contributed by atoms with van der Waals surface area (Å²) in [6.45, 7) is 3.70. The van der Waals surface area contributed by atoms with Crippen molar-refractivity contribution < 1.29 is 0 Å². The van der Waals surface area contributed by atoms with E-state index < -0.39 is 0 Å². The van der Waals surface area contributed by atoms with Crippen molar-refractivity contribution in [2.75, 3.05) is 5.73 Å². The van der Waals surface area contributed by atoms with Crippen LogP contribution in [0.2, 0.25) is 0 Å². The summed E-state index contributed by atoms with van der Waals surface area (Å²) in [4.78, 5) is 7.89. The fourth-order valence-electron chi connectivity index (χ4n) is 0.548. The van der Waals surface area contributed by atoms with Crippen LogP contribution in [0.4, 0.5) is 5.82 Å². The summed E-state index contributed by atoms with van der Waals surface area (Å²) >= 11 is 0. The Kier molecular flexibility index (Phi) is 10.3. The van der Waals surface area contributed by atoms with Crippen LogP contribution in [-0.2, 0) is 0 Å². The van der Waals surface area contributed by atoms with Crippen LogP contribution in [0.15, 0.2) is 6.20 Å². The van der Waals surface area contributed by atoms with Crippen molar-refractivity contribution in [3.8, 4) is 0 Å². The Balaban J connectivity index is -0.000000270. The Morgan fingerprint density at radius 1 is 1.25 bits per heavy atom. The van der Waals surface area contributed by atoms with Gasteiger partial charge in [0.05, 0.1) is 0 Å². The predicted molar refractivity (Wildman–Crippen MR) is 55.4 cm³/mol. The first kappa shape index (κ1) is 17.5. The van der Waals surface area contributed by atoms with Gasteiger partial charge in [-0.2, -0.15) is 0 Å². The molecule has 0 amide bonds. The van der Waals surface area contributed by atoms with Gasteiger partial charge in [0, 0.05) is 11.8 Å². The van der Waals surface area contributed by atoms with Crippen molar-refractivity contribution >= 4 is 30.6 Å². The molecule has 72 valence electrons. The van der Waals surface area contributed by atoms with Crippen molar-refractivity contribution in [2.24, 2.45) is 0 Å². The molecule has 5 N–H and O–H groups in total. The van der Waals surface area contributed by atoms with Crippen LogP contribution in [0.1, 0.15) is 11.4 Å². The van der Waals surface area contributed by atoms with Crippen molar-refractivity contribution in [3.63, 3.8) is 0 Å². The molecule has 1 heterocycles. The molecular weight excluding hydrogens is 199 g/mol. The third kappa shape index (κ3) is 4.33.